The predicted molar refractivity (Wildman–Crippen MR) is 90.5 cm³/mol. The summed E-state index contributed by atoms with van der Waals surface area (Å²) in [5.41, 5.74) is 3.47. The van der Waals surface area contributed by atoms with Crippen molar-refractivity contribution in [3.8, 4) is 0 Å². The van der Waals surface area contributed by atoms with Crippen molar-refractivity contribution in [1.29, 1.82) is 0 Å². The summed E-state index contributed by atoms with van der Waals surface area (Å²) in [6.07, 6.45) is 0.538. The molecule has 4 heteroatoms. The summed E-state index contributed by atoms with van der Waals surface area (Å²) >= 11 is 0. The first kappa shape index (κ1) is 16.7. The molecule has 0 aliphatic heterocycles. The fourth-order valence-corrected chi connectivity index (χ4v) is 2.39. The quantitative estimate of drug-likeness (QED) is 0.859. The maximum absolute atomic E-state index is 12.4. The zero-order valence-electron chi connectivity index (χ0n) is 13.4. The van der Waals surface area contributed by atoms with E-state index in [4.69, 9.17) is 5.11 Å². The molecule has 4 nitrogen and oxygen atoms in total. The van der Waals surface area contributed by atoms with E-state index >= 15 is 0 Å². The first-order valence-electron chi connectivity index (χ1n) is 7.62. The minimum atomic E-state index is -0.917. The lowest BCUT2D eigenvalue weighted by Gasteiger charge is -2.14. The smallest absolute Gasteiger partial charge is 0.307 e. The van der Waals surface area contributed by atoms with Gasteiger partial charge in [0, 0.05) is 11.6 Å². The monoisotopic (exact) mass is 311 g/mol. The lowest BCUT2D eigenvalue weighted by Crippen LogP contribution is -2.23. The van der Waals surface area contributed by atoms with Gasteiger partial charge >= 0.3 is 5.97 Å². The number of hydrogen-bond donors (Lipinski definition) is 2. The predicted octanol–water partition coefficient (Wildman–Crippen LogP) is 3.44. The number of aliphatic carboxylic acids is 1. The van der Waals surface area contributed by atoms with Crippen molar-refractivity contribution < 1.29 is 14.7 Å². The van der Waals surface area contributed by atoms with E-state index < -0.39 is 5.97 Å². The van der Waals surface area contributed by atoms with E-state index in [9.17, 15) is 9.59 Å². The molecule has 0 heterocycles. The van der Waals surface area contributed by atoms with E-state index in [-0.39, 0.29) is 18.2 Å². The van der Waals surface area contributed by atoms with Crippen molar-refractivity contribution >= 4 is 17.6 Å². The molecule has 1 atom stereocenters. The Kier molecular flexibility index (Phi) is 5.52. The summed E-state index contributed by atoms with van der Waals surface area (Å²) in [4.78, 5) is 23.3. The van der Waals surface area contributed by atoms with Gasteiger partial charge in [-0.25, -0.2) is 0 Å². The van der Waals surface area contributed by atoms with Gasteiger partial charge in [0.1, 0.15) is 0 Å². The van der Waals surface area contributed by atoms with Gasteiger partial charge in [0.15, 0.2) is 0 Å². The van der Waals surface area contributed by atoms with Gasteiger partial charge in [0.2, 0.25) is 5.91 Å². The molecule has 0 aliphatic rings. The number of aryl methyl sites for hydroxylation is 1. The topological polar surface area (TPSA) is 66.4 Å². The van der Waals surface area contributed by atoms with Crippen LogP contribution in [0.4, 0.5) is 5.69 Å². The van der Waals surface area contributed by atoms with Crippen LogP contribution in [0.15, 0.2) is 48.5 Å². The number of carbonyl (C=O) groups excluding carboxylic acids is 1. The number of anilines is 1. The Balaban J connectivity index is 2.03. The number of hydrogen-bond acceptors (Lipinski definition) is 2. The third-order valence-electron chi connectivity index (χ3n) is 3.73. The molecule has 0 aromatic heterocycles. The van der Waals surface area contributed by atoms with E-state index in [2.05, 4.69) is 5.32 Å². The van der Waals surface area contributed by atoms with Crippen LogP contribution in [0.5, 0.6) is 0 Å². The van der Waals surface area contributed by atoms with E-state index in [1.807, 2.05) is 38.1 Å². The summed E-state index contributed by atoms with van der Waals surface area (Å²) in [6.45, 7) is 3.90. The molecule has 0 spiro atoms. The molecule has 1 unspecified atom stereocenters. The van der Waals surface area contributed by atoms with E-state index in [0.29, 0.717) is 17.7 Å². The van der Waals surface area contributed by atoms with Gasteiger partial charge in [0.05, 0.1) is 6.42 Å². The maximum Gasteiger partial charge on any atom is 0.307 e. The van der Waals surface area contributed by atoms with Crippen molar-refractivity contribution in [2.45, 2.75) is 26.7 Å². The van der Waals surface area contributed by atoms with Gasteiger partial charge in [-0.1, -0.05) is 55.0 Å². The summed E-state index contributed by atoms with van der Waals surface area (Å²) < 4.78 is 0. The van der Waals surface area contributed by atoms with Gasteiger partial charge in [-0.2, -0.15) is 0 Å². The van der Waals surface area contributed by atoms with Crippen LogP contribution in [0.25, 0.3) is 0 Å². The molecule has 2 rings (SSSR count). The number of para-hydroxylation sites is 1. The second-order valence-electron chi connectivity index (χ2n) is 5.81. The second-order valence-corrected chi connectivity index (χ2v) is 5.81. The Labute approximate surface area is 136 Å². The number of benzene rings is 2. The highest BCUT2D eigenvalue weighted by Gasteiger charge is 2.16. The molecule has 2 N–H and O–H groups in total. The van der Waals surface area contributed by atoms with Gasteiger partial charge in [0.25, 0.3) is 0 Å². The molecule has 120 valence electrons. The van der Waals surface area contributed by atoms with Crippen molar-refractivity contribution in [1.82, 2.24) is 0 Å². The fourth-order valence-electron chi connectivity index (χ4n) is 2.39. The van der Waals surface area contributed by atoms with Crippen molar-refractivity contribution in [2.24, 2.45) is 5.92 Å². The SMILES string of the molecule is Cc1ccc(CC(C)C(=O)Nc2ccccc2CC(=O)O)cc1. The highest BCUT2D eigenvalue weighted by Crippen LogP contribution is 2.18. The molecule has 0 aliphatic carbocycles. The van der Waals surface area contributed by atoms with Crippen LogP contribution in [0.1, 0.15) is 23.6 Å². The van der Waals surface area contributed by atoms with E-state index in [1.54, 1.807) is 24.3 Å². The molecule has 2 aromatic rings. The third-order valence-corrected chi connectivity index (χ3v) is 3.73. The van der Waals surface area contributed by atoms with Gasteiger partial charge in [-0.15, -0.1) is 0 Å². The molecule has 0 bridgehead atoms. The Bertz CT molecular complexity index is 692. The van der Waals surface area contributed by atoms with Crippen LogP contribution in [0, 0.1) is 12.8 Å². The van der Waals surface area contributed by atoms with Crippen LogP contribution in [-0.2, 0) is 22.4 Å². The number of rotatable bonds is 6. The van der Waals surface area contributed by atoms with Crippen molar-refractivity contribution in [3.63, 3.8) is 0 Å². The Morgan fingerprint density at radius 3 is 2.39 bits per heavy atom. The van der Waals surface area contributed by atoms with Crippen LogP contribution in [0.2, 0.25) is 0 Å². The second kappa shape index (κ2) is 7.58. The largest absolute Gasteiger partial charge is 0.481 e. The molecule has 23 heavy (non-hydrogen) atoms. The molecular formula is C19H21NO3. The minimum Gasteiger partial charge on any atom is -0.481 e. The van der Waals surface area contributed by atoms with Crippen molar-refractivity contribution in [2.75, 3.05) is 5.32 Å². The lowest BCUT2D eigenvalue weighted by atomic mass is 9.99. The maximum atomic E-state index is 12.4. The number of carboxylic acids is 1. The lowest BCUT2D eigenvalue weighted by molar-refractivity contribution is -0.136. The summed E-state index contributed by atoms with van der Waals surface area (Å²) in [5.74, 6) is -1.22. The number of amides is 1. The normalized spacial score (nSPS) is 11.7. The molecule has 0 fully saturated rings. The van der Waals surface area contributed by atoms with Crippen molar-refractivity contribution in [3.05, 3.63) is 65.2 Å². The molecule has 0 saturated heterocycles. The zero-order chi connectivity index (χ0) is 16.8. The minimum absolute atomic E-state index is 0.108. The average molecular weight is 311 g/mol. The Hall–Kier alpha value is -2.62. The number of carboxylic acid groups (broad SMARTS) is 1. The van der Waals surface area contributed by atoms with Crippen LogP contribution >= 0.6 is 0 Å². The Morgan fingerprint density at radius 1 is 1.09 bits per heavy atom. The molecule has 0 saturated carbocycles. The Morgan fingerprint density at radius 2 is 1.74 bits per heavy atom. The highest BCUT2D eigenvalue weighted by atomic mass is 16.4. The van der Waals surface area contributed by atoms with E-state index in [0.717, 1.165) is 5.56 Å². The first-order chi connectivity index (χ1) is 11.0. The van der Waals surface area contributed by atoms with E-state index in [1.165, 1.54) is 5.56 Å². The summed E-state index contributed by atoms with van der Waals surface area (Å²) in [5, 5.41) is 11.8. The highest BCUT2D eigenvalue weighted by molar-refractivity contribution is 5.93. The number of nitrogens with one attached hydrogen (secondary N) is 1. The van der Waals surface area contributed by atoms with Crippen LogP contribution in [0.3, 0.4) is 0 Å². The van der Waals surface area contributed by atoms with Crippen LogP contribution in [-0.4, -0.2) is 17.0 Å². The average Bonchev–Trinajstić information content (AvgIpc) is 2.51. The molecular weight excluding hydrogens is 290 g/mol. The molecule has 0 radical (unpaired) electrons. The molecule has 2 aromatic carbocycles. The fraction of sp³-hybridized carbons (Fsp3) is 0.263. The van der Waals surface area contributed by atoms with Gasteiger partial charge in [-0.05, 0) is 30.5 Å². The number of carbonyl (C=O) groups is 2. The first-order valence-corrected chi connectivity index (χ1v) is 7.62. The molecule has 1 amide bonds. The standard InChI is InChI=1S/C19H21NO3/c1-13-7-9-15(10-8-13)11-14(2)19(23)20-17-6-4-3-5-16(17)12-18(21)22/h3-10,14H,11-12H2,1-2H3,(H,20,23)(H,21,22). The van der Waals surface area contributed by atoms with Gasteiger partial charge < -0.3 is 10.4 Å². The van der Waals surface area contributed by atoms with Gasteiger partial charge in [-0.3, -0.25) is 9.59 Å². The summed E-state index contributed by atoms with van der Waals surface area (Å²) in [6, 6.07) is 15.1. The summed E-state index contributed by atoms with van der Waals surface area (Å²) in [7, 11) is 0. The third kappa shape index (κ3) is 4.95. The zero-order valence-corrected chi connectivity index (χ0v) is 13.4. The van der Waals surface area contributed by atoms with Crippen LogP contribution < -0.4 is 5.32 Å².